The predicted molar refractivity (Wildman–Crippen MR) is 124 cm³/mol. The Labute approximate surface area is 194 Å². The molecule has 3 heterocycles. The zero-order valence-corrected chi connectivity index (χ0v) is 19.0. The van der Waals surface area contributed by atoms with Crippen molar-refractivity contribution >= 4 is 44.4 Å². The molecule has 3 aromatic rings. The third-order valence-electron chi connectivity index (χ3n) is 5.77. The molecule has 0 bridgehead atoms. The van der Waals surface area contributed by atoms with Crippen molar-refractivity contribution in [2.24, 2.45) is 0 Å². The van der Waals surface area contributed by atoms with Gasteiger partial charge in [0, 0.05) is 6.61 Å². The molecule has 1 aromatic heterocycles. The third-order valence-corrected chi connectivity index (χ3v) is 6.81. The van der Waals surface area contributed by atoms with Crippen LogP contribution in [0.15, 0.2) is 42.5 Å². The second kappa shape index (κ2) is 8.92. The quantitative estimate of drug-likeness (QED) is 0.496. The number of carbonyl (C=O) groups excluding carboxylic acids is 3. The number of anilines is 1. The van der Waals surface area contributed by atoms with Gasteiger partial charge >= 0.3 is 0 Å². The Kier molecular flexibility index (Phi) is 5.82. The van der Waals surface area contributed by atoms with Gasteiger partial charge in [-0.1, -0.05) is 23.5 Å². The smallest absolute Gasteiger partial charge is 0.262 e. The van der Waals surface area contributed by atoms with Gasteiger partial charge in [-0.2, -0.15) is 0 Å². The van der Waals surface area contributed by atoms with E-state index in [0.717, 1.165) is 33.7 Å². The Bertz CT molecular complexity index is 1200. The lowest BCUT2D eigenvalue weighted by molar-refractivity contribution is -0.119. The Morgan fingerprint density at radius 2 is 1.97 bits per heavy atom. The first kappa shape index (κ1) is 21.5. The molecule has 5 rings (SSSR count). The van der Waals surface area contributed by atoms with Crippen LogP contribution in [-0.4, -0.2) is 60.0 Å². The lowest BCUT2D eigenvalue weighted by atomic mass is 10.1. The molecule has 2 aliphatic rings. The van der Waals surface area contributed by atoms with Crippen molar-refractivity contribution in [2.45, 2.75) is 25.9 Å². The number of thiazole rings is 1. The standard InChI is InChI=1S/C24H23N3O5S/c1-2-31-15-9-10-19-20(12-15)33-24(25-19)26(13-16-6-5-11-32-16)21(28)14-27-22(29)17-7-3-4-8-18(17)23(27)30/h3-4,7-10,12,16H,2,5-6,11,13-14H2,1H3. The zero-order chi connectivity index (χ0) is 22.9. The van der Waals surface area contributed by atoms with Gasteiger partial charge in [0.15, 0.2) is 5.13 Å². The molecule has 2 aliphatic heterocycles. The topological polar surface area (TPSA) is 89.0 Å². The number of carbonyl (C=O) groups is 3. The minimum Gasteiger partial charge on any atom is -0.494 e. The number of fused-ring (bicyclic) bond motifs is 2. The van der Waals surface area contributed by atoms with Crippen LogP contribution in [0.3, 0.4) is 0 Å². The van der Waals surface area contributed by atoms with E-state index < -0.39 is 11.8 Å². The third kappa shape index (κ3) is 4.09. The molecular formula is C24H23N3O5S. The molecule has 8 nitrogen and oxygen atoms in total. The molecule has 0 spiro atoms. The van der Waals surface area contributed by atoms with Gasteiger partial charge in [-0.3, -0.25) is 24.2 Å². The summed E-state index contributed by atoms with van der Waals surface area (Å²) >= 11 is 1.37. The highest BCUT2D eigenvalue weighted by Gasteiger charge is 2.38. The highest BCUT2D eigenvalue weighted by molar-refractivity contribution is 7.22. The first-order valence-electron chi connectivity index (χ1n) is 11.0. The van der Waals surface area contributed by atoms with Crippen LogP contribution in [0.1, 0.15) is 40.5 Å². The second-order valence-corrected chi connectivity index (χ2v) is 8.95. The maximum Gasteiger partial charge on any atom is 0.262 e. The van der Waals surface area contributed by atoms with E-state index in [1.54, 1.807) is 29.2 Å². The monoisotopic (exact) mass is 465 g/mol. The summed E-state index contributed by atoms with van der Waals surface area (Å²) in [5.74, 6) is -0.536. The van der Waals surface area contributed by atoms with E-state index in [4.69, 9.17) is 9.47 Å². The average Bonchev–Trinajstić information content (AvgIpc) is 3.53. The van der Waals surface area contributed by atoms with Crippen LogP contribution in [0.5, 0.6) is 5.75 Å². The van der Waals surface area contributed by atoms with Crippen molar-refractivity contribution < 1.29 is 23.9 Å². The van der Waals surface area contributed by atoms with Crippen LogP contribution >= 0.6 is 11.3 Å². The van der Waals surface area contributed by atoms with Crippen molar-refractivity contribution in [3.8, 4) is 5.75 Å². The van der Waals surface area contributed by atoms with Gasteiger partial charge in [-0.25, -0.2) is 4.98 Å². The lowest BCUT2D eigenvalue weighted by Gasteiger charge is -2.25. The van der Waals surface area contributed by atoms with E-state index >= 15 is 0 Å². The molecule has 3 amide bonds. The molecule has 33 heavy (non-hydrogen) atoms. The van der Waals surface area contributed by atoms with Crippen LogP contribution in [0.25, 0.3) is 10.2 Å². The number of amides is 3. The Balaban J connectivity index is 1.43. The first-order valence-corrected chi connectivity index (χ1v) is 11.8. The summed E-state index contributed by atoms with van der Waals surface area (Å²) in [6, 6.07) is 12.2. The molecule has 9 heteroatoms. The minimum absolute atomic E-state index is 0.109. The minimum atomic E-state index is -0.452. The summed E-state index contributed by atoms with van der Waals surface area (Å²) in [6.07, 6.45) is 1.67. The Hall–Kier alpha value is -3.30. The van der Waals surface area contributed by atoms with Crippen LogP contribution in [-0.2, 0) is 9.53 Å². The van der Waals surface area contributed by atoms with Gasteiger partial charge in [0.1, 0.15) is 12.3 Å². The Morgan fingerprint density at radius 3 is 2.64 bits per heavy atom. The zero-order valence-electron chi connectivity index (χ0n) is 18.2. The number of rotatable bonds is 7. The summed E-state index contributed by atoms with van der Waals surface area (Å²) in [5.41, 5.74) is 1.40. The maximum absolute atomic E-state index is 13.4. The number of hydrogen-bond acceptors (Lipinski definition) is 7. The van der Waals surface area contributed by atoms with E-state index in [9.17, 15) is 14.4 Å². The van der Waals surface area contributed by atoms with Crippen molar-refractivity contribution in [3.63, 3.8) is 0 Å². The summed E-state index contributed by atoms with van der Waals surface area (Å²) < 4.78 is 12.2. The SMILES string of the molecule is CCOc1ccc2nc(N(CC3CCCO3)C(=O)CN3C(=O)c4ccccc4C3=O)sc2c1. The Morgan fingerprint density at radius 1 is 1.21 bits per heavy atom. The highest BCUT2D eigenvalue weighted by Crippen LogP contribution is 2.33. The van der Waals surface area contributed by atoms with Gasteiger partial charge in [-0.05, 0) is 50.1 Å². The molecule has 0 N–H and O–H groups in total. The molecule has 0 radical (unpaired) electrons. The van der Waals surface area contributed by atoms with Crippen LogP contribution in [0, 0.1) is 0 Å². The number of nitrogens with zero attached hydrogens (tertiary/aromatic N) is 3. The van der Waals surface area contributed by atoms with Crippen LogP contribution < -0.4 is 9.64 Å². The van der Waals surface area contributed by atoms with Gasteiger partial charge < -0.3 is 9.47 Å². The molecule has 1 atom stereocenters. The highest BCUT2D eigenvalue weighted by atomic mass is 32.1. The second-order valence-electron chi connectivity index (χ2n) is 7.94. The lowest BCUT2D eigenvalue weighted by Crippen LogP contribution is -2.45. The first-order chi connectivity index (χ1) is 16.0. The molecule has 1 saturated heterocycles. The normalized spacial score (nSPS) is 17.6. The van der Waals surface area contributed by atoms with E-state index in [0.29, 0.717) is 36.0 Å². The van der Waals surface area contributed by atoms with Crippen LogP contribution in [0.2, 0.25) is 0 Å². The summed E-state index contributed by atoms with van der Waals surface area (Å²) in [5, 5.41) is 0.510. The van der Waals surface area contributed by atoms with E-state index in [1.165, 1.54) is 11.3 Å². The van der Waals surface area contributed by atoms with Crippen molar-refractivity contribution in [2.75, 3.05) is 31.2 Å². The predicted octanol–water partition coefficient (Wildman–Crippen LogP) is 3.50. The number of imide groups is 1. The number of ether oxygens (including phenoxy) is 2. The molecular weight excluding hydrogens is 442 g/mol. The molecule has 1 unspecified atom stereocenters. The number of aromatic nitrogens is 1. The van der Waals surface area contributed by atoms with Crippen molar-refractivity contribution in [1.82, 2.24) is 9.88 Å². The molecule has 0 aliphatic carbocycles. The van der Waals surface area contributed by atoms with E-state index in [1.807, 2.05) is 25.1 Å². The van der Waals surface area contributed by atoms with E-state index in [2.05, 4.69) is 4.98 Å². The maximum atomic E-state index is 13.4. The van der Waals surface area contributed by atoms with Gasteiger partial charge in [0.2, 0.25) is 5.91 Å². The fourth-order valence-electron chi connectivity index (χ4n) is 4.15. The fourth-order valence-corrected chi connectivity index (χ4v) is 5.17. The number of hydrogen-bond donors (Lipinski definition) is 0. The average molecular weight is 466 g/mol. The van der Waals surface area contributed by atoms with Crippen molar-refractivity contribution in [1.29, 1.82) is 0 Å². The van der Waals surface area contributed by atoms with Gasteiger partial charge in [0.05, 0.1) is 40.6 Å². The van der Waals surface area contributed by atoms with Gasteiger partial charge in [-0.15, -0.1) is 0 Å². The molecule has 2 aromatic carbocycles. The molecule has 1 fully saturated rings. The molecule has 0 saturated carbocycles. The van der Waals surface area contributed by atoms with E-state index in [-0.39, 0.29) is 18.6 Å². The molecule has 170 valence electrons. The van der Waals surface area contributed by atoms with Crippen molar-refractivity contribution in [3.05, 3.63) is 53.6 Å². The van der Waals surface area contributed by atoms with Gasteiger partial charge in [0.25, 0.3) is 11.8 Å². The van der Waals surface area contributed by atoms with Crippen LogP contribution in [0.4, 0.5) is 5.13 Å². The largest absolute Gasteiger partial charge is 0.494 e. The summed E-state index contributed by atoms with van der Waals surface area (Å²) in [4.78, 5) is 46.2. The summed E-state index contributed by atoms with van der Waals surface area (Å²) in [7, 11) is 0. The number of benzene rings is 2. The fraction of sp³-hybridized carbons (Fsp3) is 0.333. The summed E-state index contributed by atoms with van der Waals surface area (Å²) in [6.45, 7) is 3.10.